The summed E-state index contributed by atoms with van der Waals surface area (Å²) in [6.07, 6.45) is 9.37. The predicted molar refractivity (Wildman–Crippen MR) is 211 cm³/mol. The van der Waals surface area contributed by atoms with Crippen LogP contribution in [0.4, 0.5) is 0 Å². The number of pyridine rings is 4. The monoisotopic (exact) mass is 665 g/mol. The second-order valence-corrected chi connectivity index (χ2v) is 13.1. The van der Waals surface area contributed by atoms with Crippen molar-refractivity contribution in [2.24, 2.45) is 0 Å². The number of rotatable bonds is 4. The number of benzene rings is 5. The number of aromatic nitrogens is 5. The number of hydrogen-bond donors (Lipinski definition) is 0. The maximum absolute atomic E-state index is 6.57. The molecule has 6 aromatic heterocycles. The van der Waals surface area contributed by atoms with E-state index in [4.69, 9.17) is 14.4 Å². The minimum absolute atomic E-state index is 0.801. The number of furan rings is 1. The summed E-state index contributed by atoms with van der Waals surface area (Å²) < 4.78 is 8.88. The molecule has 0 aliphatic heterocycles. The topological polar surface area (TPSA) is 69.6 Å². The summed E-state index contributed by atoms with van der Waals surface area (Å²) in [6.45, 7) is 0. The van der Waals surface area contributed by atoms with Gasteiger partial charge in [-0.25, -0.2) is 4.98 Å². The zero-order chi connectivity index (χ0) is 34.2. The molecule has 0 amide bonds. The van der Waals surface area contributed by atoms with E-state index >= 15 is 0 Å². The highest BCUT2D eigenvalue weighted by atomic mass is 16.3. The van der Waals surface area contributed by atoms with Crippen LogP contribution in [0, 0.1) is 0 Å². The molecule has 0 fully saturated rings. The summed E-state index contributed by atoms with van der Waals surface area (Å²) in [7, 11) is 0. The largest absolute Gasteiger partial charge is 0.455 e. The van der Waals surface area contributed by atoms with Crippen molar-refractivity contribution >= 4 is 65.6 Å². The quantitative estimate of drug-likeness (QED) is 0.175. The average Bonchev–Trinajstić information content (AvgIpc) is 3.76. The Morgan fingerprint density at radius 1 is 0.481 bits per heavy atom. The fourth-order valence-corrected chi connectivity index (χ4v) is 7.77. The highest BCUT2D eigenvalue weighted by Crippen LogP contribution is 2.41. The van der Waals surface area contributed by atoms with Gasteiger partial charge in [-0.15, -0.1) is 0 Å². The van der Waals surface area contributed by atoms with E-state index in [1.807, 2.05) is 61.2 Å². The molecule has 0 saturated carbocycles. The third-order valence-electron chi connectivity index (χ3n) is 10.2. The lowest BCUT2D eigenvalue weighted by atomic mass is 9.97. The summed E-state index contributed by atoms with van der Waals surface area (Å²) in [5.41, 5.74) is 12.8. The van der Waals surface area contributed by atoms with E-state index in [2.05, 4.69) is 112 Å². The molecule has 6 heterocycles. The first-order chi connectivity index (χ1) is 25.8. The Kier molecular flexibility index (Phi) is 6.15. The first kappa shape index (κ1) is 28.6. The van der Waals surface area contributed by atoms with Crippen LogP contribution in [0.3, 0.4) is 0 Å². The van der Waals surface area contributed by atoms with Gasteiger partial charge in [0.1, 0.15) is 16.7 Å². The molecule has 0 N–H and O–H groups in total. The molecule has 6 nitrogen and oxygen atoms in total. The maximum Gasteiger partial charge on any atom is 0.145 e. The third kappa shape index (κ3) is 4.31. The van der Waals surface area contributed by atoms with Gasteiger partial charge in [-0.05, 0) is 65.7 Å². The van der Waals surface area contributed by atoms with E-state index in [0.717, 1.165) is 99.4 Å². The molecule has 0 saturated heterocycles. The van der Waals surface area contributed by atoms with Gasteiger partial charge in [0.25, 0.3) is 0 Å². The van der Waals surface area contributed by atoms with Crippen molar-refractivity contribution < 1.29 is 4.42 Å². The van der Waals surface area contributed by atoms with Crippen LogP contribution in [0.25, 0.3) is 105 Å². The van der Waals surface area contributed by atoms with E-state index in [9.17, 15) is 0 Å². The standard InChI is InChI=1S/C46H27N5O/c1-2-8-33(9-3-1)51-40-19-16-30(23-37(40)38-27-48-22-20-41(38)51)28-12-14-29(15-13-28)44-36-18-17-35-34-10-4-5-11-42(34)52-46(35)43(36)45-39(50-44)24-32(26-49-45)31-7-6-21-47-25-31/h1-27H. The van der Waals surface area contributed by atoms with Gasteiger partial charge >= 0.3 is 0 Å². The van der Waals surface area contributed by atoms with Crippen LogP contribution in [0.15, 0.2) is 169 Å². The lowest BCUT2D eigenvalue weighted by Crippen LogP contribution is -1.93. The fraction of sp³-hybridized carbons (Fsp3) is 0. The Labute approximate surface area is 297 Å². The Bertz CT molecular complexity index is 3170. The minimum atomic E-state index is 0.801. The molecule has 6 heteroatoms. The molecular formula is C46H27N5O. The Morgan fingerprint density at radius 3 is 2.15 bits per heavy atom. The van der Waals surface area contributed by atoms with Crippen molar-refractivity contribution in [2.75, 3.05) is 0 Å². The number of nitrogens with zero attached hydrogens (tertiary/aromatic N) is 5. The maximum atomic E-state index is 6.57. The molecule has 5 aromatic carbocycles. The van der Waals surface area contributed by atoms with Gasteiger partial charge in [0.15, 0.2) is 0 Å². The zero-order valence-electron chi connectivity index (χ0n) is 27.7. The highest BCUT2D eigenvalue weighted by molar-refractivity contribution is 6.24. The number of fused-ring (bicyclic) bond motifs is 10. The zero-order valence-corrected chi connectivity index (χ0v) is 27.7. The second-order valence-electron chi connectivity index (χ2n) is 13.1. The van der Waals surface area contributed by atoms with Crippen molar-refractivity contribution in [1.82, 2.24) is 24.5 Å². The van der Waals surface area contributed by atoms with Crippen LogP contribution in [-0.4, -0.2) is 24.5 Å². The van der Waals surface area contributed by atoms with E-state index in [0.29, 0.717) is 0 Å². The summed E-state index contributed by atoms with van der Waals surface area (Å²) in [6, 6.07) is 46.6. The van der Waals surface area contributed by atoms with Crippen LogP contribution in [0.1, 0.15) is 0 Å². The smallest absolute Gasteiger partial charge is 0.145 e. The van der Waals surface area contributed by atoms with Crippen LogP contribution in [-0.2, 0) is 0 Å². The summed E-state index contributed by atoms with van der Waals surface area (Å²) in [5.74, 6) is 0. The van der Waals surface area contributed by atoms with Crippen LogP contribution < -0.4 is 0 Å². The van der Waals surface area contributed by atoms with Gasteiger partial charge < -0.3 is 8.98 Å². The summed E-state index contributed by atoms with van der Waals surface area (Å²) in [5, 5.41) is 6.40. The first-order valence-corrected chi connectivity index (χ1v) is 17.3. The lowest BCUT2D eigenvalue weighted by Gasteiger charge is -2.12. The van der Waals surface area contributed by atoms with Gasteiger partial charge in [0.2, 0.25) is 0 Å². The molecule has 0 aliphatic rings. The van der Waals surface area contributed by atoms with E-state index in [1.54, 1.807) is 6.20 Å². The normalized spacial score (nSPS) is 11.8. The highest BCUT2D eigenvalue weighted by Gasteiger charge is 2.19. The molecule has 0 radical (unpaired) electrons. The molecule has 0 bridgehead atoms. The number of hydrogen-bond acceptors (Lipinski definition) is 5. The van der Waals surface area contributed by atoms with Gasteiger partial charge in [-0.3, -0.25) is 15.0 Å². The molecule has 52 heavy (non-hydrogen) atoms. The Balaban J connectivity index is 1.09. The molecule has 0 atom stereocenters. The molecule has 0 aliphatic carbocycles. The minimum Gasteiger partial charge on any atom is -0.455 e. The van der Waals surface area contributed by atoms with Crippen LogP contribution in [0.5, 0.6) is 0 Å². The summed E-state index contributed by atoms with van der Waals surface area (Å²) in [4.78, 5) is 19.1. The van der Waals surface area contributed by atoms with Crippen LogP contribution in [0.2, 0.25) is 0 Å². The first-order valence-electron chi connectivity index (χ1n) is 17.3. The van der Waals surface area contributed by atoms with Crippen LogP contribution >= 0.6 is 0 Å². The Hall–Kier alpha value is -7.18. The van der Waals surface area contributed by atoms with Gasteiger partial charge in [-0.1, -0.05) is 78.9 Å². The fourth-order valence-electron chi connectivity index (χ4n) is 7.77. The molecular weight excluding hydrogens is 639 g/mol. The van der Waals surface area contributed by atoms with Crippen molar-refractivity contribution in [3.8, 4) is 39.2 Å². The molecule has 0 spiro atoms. The molecule has 242 valence electrons. The Morgan fingerprint density at radius 2 is 1.27 bits per heavy atom. The van der Waals surface area contributed by atoms with Crippen molar-refractivity contribution in [3.63, 3.8) is 0 Å². The van der Waals surface area contributed by atoms with Gasteiger partial charge in [0, 0.05) is 80.3 Å². The van der Waals surface area contributed by atoms with Crippen molar-refractivity contribution in [3.05, 3.63) is 164 Å². The van der Waals surface area contributed by atoms with E-state index in [-0.39, 0.29) is 0 Å². The second kappa shape index (κ2) is 11.2. The molecule has 0 unspecified atom stereocenters. The predicted octanol–water partition coefficient (Wildman–Crippen LogP) is 11.6. The lowest BCUT2D eigenvalue weighted by molar-refractivity contribution is 0.673. The van der Waals surface area contributed by atoms with Gasteiger partial charge in [-0.2, -0.15) is 0 Å². The van der Waals surface area contributed by atoms with E-state index in [1.165, 1.54) is 5.39 Å². The average molecular weight is 666 g/mol. The number of para-hydroxylation sites is 2. The van der Waals surface area contributed by atoms with E-state index < -0.39 is 0 Å². The molecule has 11 aromatic rings. The SMILES string of the molecule is c1ccc(-n2c3ccncc3c3cc(-c4ccc(-c5nc6cc(-c7cccnc7)cnc6c6c5ccc5c7ccccc7oc56)cc4)ccc32)cc1. The third-order valence-corrected chi connectivity index (χ3v) is 10.2. The van der Waals surface area contributed by atoms with Gasteiger partial charge in [0.05, 0.1) is 27.6 Å². The molecule has 11 rings (SSSR count). The van der Waals surface area contributed by atoms with Crippen molar-refractivity contribution in [1.29, 1.82) is 0 Å². The summed E-state index contributed by atoms with van der Waals surface area (Å²) >= 11 is 0. The van der Waals surface area contributed by atoms with Crippen molar-refractivity contribution in [2.45, 2.75) is 0 Å².